The van der Waals surface area contributed by atoms with Crippen LogP contribution in [-0.4, -0.2) is 56.6 Å². The first kappa shape index (κ1) is 19.1. The molecule has 2 heterocycles. The van der Waals surface area contributed by atoms with Crippen LogP contribution in [-0.2, 0) is 4.79 Å². The molecule has 2 aromatic rings. The number of hydrogen-bond donors (Lipinski definition) is 1. The Labute approximate surface area is 171 Å². The molecule has 0 aliphatic carbocycles. The summed E-state index contributed by atoms with van der Waals surface area (Å²) >= 11 is 6.30. The Kier molecular flexibility index (Phi) is 6.03. The SMILES string of the molecule is O=C(CN1CCN(c2ccccc2Cl)CC1)Nc1ccc(N2CCCC2)cc1. The van der Waals surface area contributed by atoms with Crippen LogP contribution in [0.4, 0.5) is 17.1 Å². The lowest BCUT2D eigenvalue weighted by molar-refractivity contribution is -0.117. The molecule has 1 amide bonds. The number of para-hydroxylation sites is 1. The Hall–Kier alpha value is -2.24. The molecule has 28 heavy (non-hydrogen) atoms. The van der Waals surface area contributed by atoms with Crippen LogP contribution < -0.4 is 15.1 Å². The van der Waals surface area contributed by atoms with E-state index in [4.69, 9.17) is 11.6 Å². The number of anilines is 3. The highest BCUT2D eigenvalue weighted by molar-refractivity contribution is 6.33. The van der Waals surface area contributed by atoms with Crippen LogP contribution >= 0.6 is 11.6 Å². The molecule has 0 radical (unpaired) electrons. The number of carbonyl (C=O) groups is 1. The summed E-state index contributed by atoms with van der Waals surface area (Å²) in [5.41, 5.74) is 3.18. The van der Waals surface area contributed by atoms with Gasteiger partial charge >= 0.3 is 0 Å². The van der Waals surface area contributed by atoms with Gasteiger partial charge in [0.25, 0.3) is 0 Å². The zero-order valence-corrected chi connectivity index (χ0v) is 16.9. The normalized spacial score (nSPS) is 17.8. The highest BCUT2D eigenvalue weighted by Crippen LogP contribution is 2.26. The molecular weight excluding hydrogens is 372 g/mol. The number of halogens is 1. The van der Waals surface area contributed by atoms with Crippen LogP contribution in [0.15, 0.2) is 48.5 Å². The molecule has 2 fully saturated rings. The zero-order valence-electron chi connectivity index (χ0n) is 16.1. The van der Waals surface area contributed by atoms with E-state index in [0.717, 1.165) is 55.7 Å². The lowest BCUT2D eigenvalue weighted by Gasteiger charge is -2.36. The van der Waals surface area contributed by atoms with Crippen LogP contribution in [0, 0.1) is 0 Å². The average Bonchev–Trinajstić information content (AvgIpc) is 3.24. The molecule has 4 rings (SSSR count). The van der Waals surface area contributed by atoms with Gasteiger partial charge in [0.05, 0.1) is 17.3 Å². The molecule has 1 N–H and O–H groups in total. The fourth-order valence-corrected chi connectivity index (χ4v) is 4.24. The van der Waals surface area contributed by atoms with Gasteiger partial charge in [-0.05, 0) is 49.2 Å². The van der Waals surface area contributed by atoms with E-state index in [1.165, 1.54) is 18.5 Å². The fraction of sp³-hybridized carbons (Fsp3) is 0.409. The quantitative estimate of drug-likeness (QED) is 0.833. The molecule has 5 nitrogen and oxygen atoms in total. The Morgan fingerprint density at radius 2 is 1.54 bits per heavy atom. The van der Waals surface area contributed by atoms with Crippen LogP contribution in [0.2, 0.25) is 5.02 Å². The first-order valence-electron chi connectivity index (χ1n) is 10.1. The largest absolute Gasteiger partial charge is 0.372 e. The van der Waals surface area contributed by atoms with Gasteiger partial charge in [0.2, 0.25) is 5.91 Å². The Bertz CT molecular complexity index is 796. The fourth-order valence-electron chi connectivity index (χ4n) is 3.99. The maximum atomic E-state index is 12.4. The van der Waals surface area contributed by atoms with Crippen molar-refractivity contribution in [2.45, 2.75) is 12.8 Å². The minimum absolute atomic E-state index is 0.0418. The first-order valence-corrected chi connectivity index (χ1v) is 10.4. The zero-order chi connectivity index (χ0) is 19.3. The molecule has 2 aliphatic heterocycles. The number of benzene rings is 2. The molecule has 0 saturated carbocycles. The lowest BCUT2D eigenvalue weighted by atomic mass is 10.2. The van der Waals surface area contributed by atoms with Gasteiger partial charge in [0.15, 0.2) is 0 Å². The number of rotatable bonds is 5. The second-order valence-electron chi connectivity index (χ2n) is 7.50. The molecule has 2 aliphatic rings. The molecule has 2 aromatic carbocycles. The summed E-state index contributed by atoms with van der Waals surface area (Å²) in [7, 11) is 0. The van der Waals surface area contributed by atoms with Gasteiger partial charge in [0, 0.05) is 50.6 Å². The molecular formula is C22H27ClN4O. The van der Waals surface area contributed by atoms with E-state index in [1.807, 2.05) is 30.3 Å². The monoisotopic (exact) mass is 398 g/mol. The van der Waals surface area contributed by atoms with Gasteiger partial charge in [-0.1, -0.05) is 23.7 Å². The average molecular weight is 399 g/mol. The molecule has 0 bridgehead atoms. The topological polar surface area (TPSA) is 38.8 Å². The summed E-state index contributed by atoms with van der Waals surface area (Å²) in [6.07, 6.45) is 2.53. The molecule has 0 aromatic heterocycles. The number of carbonyl (C=O) groups excluding carboxylic acids is 1. The Balaban J connectivity index is 1.25. The van der Waals surface area contributed by atoms with Gasteiger partial charge in [-0.2, -0.15) is 0 Å². The maximum Gasteiger partial charge on any atom is 0.238 e. The van der Waals surface area contributed by atoms with Gasteiger partial charge in [0.1, 0.15) is 0 Å². The van der Waals surface area contributed by atoms with Crippen molar-refractivity contribution in [2.75, 3.05) is 60.9 Å². The maximum absolute atomic E-state index is 12.4. The van der Waals surface area contributed by atoms with Gasteiger partial charge in [-0.3, -0.25) is 9.69 Å². The van der Waals surface area contributed by atoms with Crippen LogP contribution in [0.5, 0.6) is 0 Å². The third-order valence-corrected chi connectivity index (χ3v) is 5.87. The number of nitrogens with one attached hydrogen (secondary N) is 1. The predicted octanol–water partition coefficient (Wildman–Crippen LogP) is 3.70. The van der Waals surface area contributed by atoms with E-state index >= 15 is 0 Å². The molecule has 0 atom stereocenters. The van der Waals surface area contributed by atoms with Crippen molar-refractivity contribution in [1.29, 1.82) is 0 Å². The van der Waals surface area contributed by atoms with Crippen molar-refractivity contribution in [3.8, 4) is 0 Å². The highest BCUT2D eigenvalue weighted by atomic mass is 35.5. The predicted molar refractivity (Wildman–Crippen MR) is 117 cm³/mol. The van der Waals surface area contributed by atoms with Crippen molar-refractivity contribution < 1.29 is 4.79 Å². The van der Waals surface area contributed by atoms with E-state index in [2.05, 4.69) is 38.2 Å². The molecule has 0 unspecified atom stereocenters. The number of piperazine rings is 1. The smallest absolute Gasteiger partial charge is 0.238 e. The van der Waals surface area contributed by atoms with E-state index in [1.54, 1.807) is 0 Å². The highest BCUT2D eigenvalue weighted by Gasteiger charge is 2.20. The van der Waals surface area contributed by atoms with Crippen LogP contribution in [0.25, 0.3) is 0 Å². The summed E-state index contributed by atoms with van der Waals surface area (Å²) < 4.78 is 0. The van der Waals surface area contributed by atoms with Crippen molar-refractivity contribution in [2.24, 2.45) is 0 Å². The van der Waals surface area contributed by atoms with Crippen LogP contribution in [0.1, 0.15) is 12.8 Å². The molecule has 0 spiro atoms. The van der Waals surface area contributed by atoms with Crippen LogP contribution in [0.3, 0.4) is 0 Å². The second-order valence-corrected chi connectivity index (χ2v) is 7.91. The number of amides is 1. The number of nitrogens with zero attached hydrogens (tertiary/aromatic N) is 3. The van der Waals surface area contributed by atoms with Crippen molar-refractivity contribution >= 4 is 34.6 Å². The molecule has 148 valence electrons. The molecule has 2 saturated heterocycles. The third-order valence-electron chi connectivity index (χ3n) is 5.55. The van der Waals surface area contributed by atoms with E-state index in [0.29, 0.717) is 6.54 Å². The van der Waals surface area contributed by atoms with E-state index < -0.39 is 0 Å². The first-order chi connectivity index (χ1) is 13.7. The summed E-state index contributed by atoms with van der Waals surface area (Å²) in [4.78, 5) is 19.3. The lowest BCUT2D eigenvalue weighted by Crippen LogP contribution is -2.48. The third kappa shape index (κ3) is 4.59. The van der Waals surface area contributed by atoms with Gasteiger partial charge in [-0.15, -0.1) is 0 Å². The summed E-state index contributed by atoms with van der Waals surface area (Å²) in [6, 6.07) is 16.1. The number of hydrogen-bond acceptors (Lipinski definition) is 4. The van der Waals surface area contributed by atoms with Crippen molar-refractivity contribution in [1.82, 2.24) is 4.90 Å². The molecule has 6 heteroatoms. The Morgan fingerprint density at radius 3 is 2.21 bits per heavy atom. The summed E-state index contributed by atoms with van der Waals surface area (Å²) in [6.45, 7) is 6.14. The van der Waals surface area contributed by atoms with E-state index in [-0.39, 0.29) is 5.91 Å². The standard InChI is InChI=1S/C22H27ClN4O/c23-20-5-1-2-6-21(20)27-15-13-25(14-16-27)17-22(28)24-18-7-9-19(10-8-18)26-11-3-4-12-26/h1-2,5-10H,3-4,11-17H2,(H,24,28). The van der Waals surface area contributed by atoms with Gasteiger partial charge < -0.3 is 15.1 Å². The second kappa shape index (κ2) is 8.84. The minimum Gasteiger partial charge on any atom is -0.372 e. The Morgan fingerprint density at radius 1 is 0.857 bits per heavy atom. The van der Waals surface area contributed by atoms with E-state index in [9.17, 15) is 4.79 Å². The van der Waals surface area contributed by atoms with Crippen molar-refractivity contribution in [3.63, 3.8) is 0 Å². The van der Waals surface area contributed by atoms with Crippen molar-refractivity contribution in [3.05, 3.63) is 53.6 Å². The minimum atomic E-state index is 0.0418. The summed E-state index contributed by atoms with van der Waals surface area (Å²) in [5.74, 6) is 0.0418. The summed E-state index contributed by atoms with van der Waals surface area (Å²) in [5, 5.41) is 3.81. The van der Waals surface area contributed by atoms with Gasteiger partial charge in [-0.25, -0.2) is 0 Å².